The highest BCUT2D eigenvalue weighted by molar-refractivity contribution is 7.98. The Hall–Kier alpha value is -1.97. The van der Waals surface area contributed by atoms with E-state index in [0.29, 0.717) is 17.1 Å². The molecule has 0 unspecified atom stereocenters. The number of carbonyl (C=O) groups is 2. The van der Waals surface area contributed by atoms with Gasteiger partial charge in [0.2, 0.25) is 0 Å². The summed E-state index contributed by atoms with van der Waals surface area (Å²) in [5.41, 5.74) is 0.528. The molecule has 1 heterocycles. The number of nitrogens with one attached hydrogen (secondary N) is 1. The molecule has 0 radical (unpaired) electrons. The van der Waals surface area contributed by atoms with E-state index in [1.807, 2.05) is 0 Å². The first-order chi connectivity index (χ1) is 12.2. The van der Waals surface area contributed by atoms with Crippen LogP contribution >= 0.6 is 11.8 Å². The fourth-order valence-electron chi connectivity index (χ4n) is 2.69. The Morgan fingerprint density at radius 1 is 1.27 bits per heavy atom. The van der Waals surface area contributed by atoms with Gasteiger partial charge in [-0.05, 0) is 11.6 Å². The molecule has 0 aromatic heterocycles. The first-order valence-corrected chi connectivity index (χ1v) is 8.99. The molecule has 0 saturated carbocycles. The molecule has 0 aliphatic carbocycles. The highest BCUT2D eigenvalue weighted by atomic mass is 32.2. The zero-order chi connectivity index (χ0) is 19.3. The lowest BCUT2D eigenvalue weighted by atomic mass is 9.96. The van der Waals surface area contributed by atoms with E-state index in [1.165, 1.54) is 17.8 Å². The molecule has 10 heteroatoms. The third-order valence-corrected chi connectivity index (χ3v) is 5.09. The van der Waals surface area contributed by atoms with Crippen LogP contribution in [0.3, 0.4) is 0 Å². The molecule has 2 atom stereocenters. The highest BCUT2D eigenvalue weighted by Gasteiger charge is 2.53. The van der Waals surface area contributed by atoms with Crippen molar-refractivity contribution in [2.45, 2.75) is 11.9 Å². The average Bonchev–Trinajstić information content (AvgIpc) is 3.02. The monoisotopic (exact) mass is 394 g/mol. The summed E-state index contributed by atoms with van der Waals surface area (Å²) in [5.74, 6) is -4.76. The van der Waals surface area contributed by atoms with Gasteiger partial charge < -0.3 is 15.3 Å². The van der Waals surface area contributed by atoms with E-state index in [9.17, 15) is 27.2 Å². The normalized spacial score (nSPS) is 20.2. The van der Waals surface area contributed by atoms with Crippen molar-refractivity contribution in [3.63, 3.8) is 0 Å². The van der Waals surface area contributed by atoms with Crippen molar-refractivity contribution >= 4 is 23.8 Å². The standard InChI is InChI=1S/C16H18F4N2O3S/c17-13-4-2-1-3-10(13)9-26-6-5-21-15(25)22-7-11(14(23)24)12(8-22)16(18,19)20/h1-4,11-12H,5-9H2,(H,21,25)(H,23,24)/t11-,12-/m1/s1. The van der Waals surface area contributed by atoms with Crippen LogP contribution in [0.2, 0.25) is 0 Å². The van der Waals surface area contributed by atoms with Gasteiger partial charge in [0.15, 0.2) is 0 Å². The minimum absolute atomic E-state index is 0.183. The smallest absolute Gasteiger partial charge is 0.394 e. The fraction of sp³-hybridized carbons (Fsp3) is 0.500. The molecule has 2 amide bonds. The van der Waals surface area contributed by atoms with Crippen molar-refractivity contribution < 1.29 is 32.3 Å². The molecule has 1 fully saturated rings. The number of amides is 2. The molecule has 0 bridgehead atoms. The van der Waals surface area contributed by atoms with E-state index in [-0.39, 0.29) is 12.4 Å². The molecule has 0 spiro atoms. The Balaban J connectivity index is 1.76. The van der Waals surface area contributed by atoms with E-state index in [4.69, 9.17) is 5.11 Å². The number of aliphatic carboxylic acids is 1. The quantitative estimate of drug-likeness (QED) is 0.575. The topological polar surface area (TPSA) is 69.6 Å². The van der Waals surface area contributed by atoms with Gasteiger partial charge in [-0.2, -0.15) is 24.9 Å². The van der Waals surface area contributed by atoms with Crippen LogP contribution in [0.4, 0.5) is 22.4 Å². The number of rotatable bonds is 6. The van der Waals surface area contributed by atoms with Gasteiger partial charge in [-0.15, -0.1) is 0 Å². The second-order valence-corrected chi connectivity index (χ2v) is 6.98. The number of hydrogen-bond donors (Lipinski definition) is 2. The largest absolute Gasteiger partial charge is 0.481 e. The number of halogens is 4. The van der Waals surface area contributed by atoms with Crippen LogP contribution in [0.15, 0.2) is 24.3 Å². The van der Waals surface area contributed by atoms with Gasteiger partial charge in [0.25, 0.3) is 0 Å². The third-order valence-electron chi connectivity index (χ3n) is 4.08. The number of nitrogens with zero attached hydrogens (tertiary/aromatic N) is 1. The molecule has 1 saturated heterocycles. The van der Waals surface area contributed by atoms with Crippen LogP contribution in [0.25, 0.3) is 0 Å². The van der Waals surface area contributed by atoms with Crippen molar-refractivity contribution in [1.29, 1.82) is 0 Å². The van der Waals surface area contributed by atoms with Crippen molar-refractivity contribution in [2.24, 2.45) is 11.8 Å². The number of carbonyl (C=O) groups excluding carboxylic acids is 1. The zero-order valence-corrected chi connectivity index (χ0v) is 14.4. The first-order valence-electron chi connectivity index (χ1n) is 7.83. The van der Waals surface area contributed by atoms with Gasteiger partial charge in [-0.1, -0.05) is 18.2 Å². The molecule has 1 aliphatic rings. The summed E-state index contributed by atoms with van der Waals surface area (Å²) in [6, 6.07) is 5.56. The van der Waals surface area contributed by atoms with E-state index in [2.05, 4.69) is 5.32 Å². The zero-order valence-electron chi connectivity index (χ0n) is 13.6. The number of alkyl halides is 3. The maximum absolute atomic E-state index is 13.4. The van der Waals surface area contributed by atoms with E-state index in [1.54, 1.807) is 18.2 Å². The number of urea groups is 1. The van der Waals surface area contributed by atoms with Crippen molar-refractivity contribution in [3.8, 4) is 0 Å². The number of hydrogen-bond acceptors (Lipinski definition) is 3. The van der Waals surface area contributed by atoms with Gasteiger partial charge in [-0.3, -0.25) is 4.79 Å². The fourth-order valence-corrected chi connectivity index (χ4v) is 3.54. The van der Waals surface area contributed by atoms with Crippen molar-refractivity contribution in [2.75, 3.05) is 25.4 Å². The molecule has 1 aromatic rings. The summed E-state index contributed by atoms with van der Waals surface area (Å²) in [4.78, 5) is 23.8. The van der Waals surface area contributed by atoms with Gasteiger partial charge in [-0.25, -0.2) is 9.18 Å². The number of likely N-dealkylation sites (tertiary alicyclic amines) is 1. The van der Waals surface area contributed by atoms with E-state index in [0.717, 1.165) is 4.90 Å². The average molecular weight is 394 g/mol. The van der Waals surface area contributed by atoms with Crippen molar-refractivity contribution in [1.82, 2.24) is 10.2 Å². The van der Waals surface area contributed by atoms with E-state index >= 15 is 0 Å². The molecule has 2 N–H and O–H groups in total. The molecule has 1 aliphatic heterocycles. The summed E-state index contributed by atoms with van der Waals surface area (Å²) in [5, 5.41) is 11.4. The van der Waals surface area contributed by atoms with E-state index < -0.39 is 43.1 Å². The number of thioether (sulfide) groups is 1. The first kappa shape index (κ1) is 20.3. The second kappa shape index (κ2) is 8.61. The van der Waals surface area contributed by atoms with Crippen LogP contribution in [0.5, 0.6) is 0 Å². The summed E-state index contributed by atoms with van der Waals surface area (Å²) in [6.45, 7) is -0.967. The maximum Gasteiger partial charge on any atom is 0.394 e. The molecular formula is C16H18F4N2O3S. The number of carboxylic acid groups (broad SMARTS) is 1. The van der Waals surface area contributed by atoms with Crippen molar-refractivity contribution in [3.05, 3.63) is 35.6 Å². The summed E-state index contributed by atoms with van der Waals surface area (Å²) < 4.78 is 52.1. The van der Waals surface area contributed by atoms with Gasteiger partial charge in [0, 0.05) is 31.1 Å². The SMILES string of the molecule is O=C(O)[C@@H]1CN(C(=O)NCCSCc2ccccc2F)C[C@H]1C(F)(F)F. The summed E-state index contributed by atoms with van der Waals surface area (Å²) in [7, 11) is 0. The minimum atomic E-state index is -4.67. The highest BCUT2D eigenvalue weighted by Crippen LogP contribution is 2.37. The Labute approximate surface area is 151 Å². The second-order valence-electron chi connectivity index (χ2n) is 5.87. The lowest BCUT2D eigenvalue weighted by Gasteiger charge is -2.18. The Morgan fingerprint density at radius 2 is 1.96 bits per heavy atom. The predicted octanol–water partition coefficient (Wildman–Crippen LogP) is 2.96. The number of benzene rings is 1. The van der Waals surface area contributed by atoms with Crippen LogP contribution in [-0.2, 0) is 10.5 Å². The third kappa shape index (κ3) is 5.26. The molecule has 26 heavy (non-hydrogen) atoms. The molecule has 5 nitrogen and oxygen atoms in total. The van der Waals surface area contributed by atoms with Gasteiger partial charge >= 0.3 is 18.2 Å². The summed E-state index contributed by atoms with van der Waals surface area (Å²) >= 11 is 1.37. The van der Waals surface area contributed by atoms with Gasteiger partial charge in [0.05, 0.1) is 11.8 Å². The minimum Gasteiger partial charge on any atom is -0.481 e. The molecule has 144 valence electrons. The number of carboxylic acids is 1. The van der Waals surface area contributed by atoms with Gasteiger partial charge in [0.1, 0.15) is 5.82 Å². The lowest BCUT2D eigenvalue weighted by molar-refractivity contribution is -0.187. The van der Waals surface area contributed by atoms with Crippen LogP contribution in [0.1, 0.15) is 5.56 Å². The maximum atomic E-state index is 13.4. The summed E-state index contributed by atoms with van der Waals surface area (Å²) in [6.07, 6.45) is -4.67. The van der Waals surface area contributed by atoms with Crippen LogP contribution in [-0.4, -0.2) is 53.6 Å². The predicted molar refractivity (Wildman–Crippen MR) is 88.2 cm³/mol. The molecule has 2 rings (SSSR count). The molecular weight excluding hydrogens is 376 g/mol. The van der Waals surface area contributed by atoms with Crippen LogP contribution < -0.4 is 5.32 Å². The Bertz CT molecular complexity index is 657. The lowest BCUT2D eigenvalue weighted by Crippen LogP contribution is -2.40. The van der Waals surface area contributed by atoms with Crippen LogP contribution in [0, 0.1) is 17.7 Å². The molecule has 1 aromatic carbocycles. The Kier molecular flexibility index (Phi) is 6.74. The Morgan fingerprint density at radius 3 is 2.54 bits per heavy atom.